The average molecular weight is 408 g/mol. The molecule has 106 valence electrons. The van der Waals surface area contributed by atoms with Crippen molar-refractivity contribution in [3.05, 3.63) is 57.0 Å². The first-order chi connectivity index (χ1) is 10.1. The average Bonchev–Trinajstić information content (AvgIpc) is 2.84. The minimum absolute atomic E-state index is 0.387. The fraction of sp³-hybridized carbons (Fsp3) is 0.0625. The third-order valence-electron chi connectivity index (χ3n) is 3.28. The summed E-state index contributed by atoms with van der Waals surface area (Å²) in [6.45, 7) is 2.03. The summed E-state index contributed by atoms with van der Waals surface area (Å²) in [5, 5.41) is 3.93. The zero-order chi connectivity index (χ0) is 15.0. The molecule has 3 rings (SSSR count). The zero-order valence-corrected chi connectivity index (χ0v) is 14.4. The van der Waals surface area contributed by atoms with Crippen molar-refractivity contribution in [2.24, 2.45) is 0 Å². The maximum Gasteiger partial charge on any atom is 0.176 e. The number of rotatable bonds is 2. The smallest absolute Gasteiger partial charge is 0.176 e. The third-order valence-corrected chi connectivity index (χ3v) is 4.86. The van der Waals surface area contributed by atoms with Crippen LogP contribution >= 0.6 is 31.9 Å². The molecule has 0 saturated heterocycles. The highest BCUT2D eigenvalue weighted by Crippen LogP contribution is 2.40. The molecule has 3 nitrogen and oxygen atoms in total. The Hall–Kier alpha value is -1.59. The van der Waals surface area contributed by atoms with Gasteiger partial charge in [0.05, 0.1) is 5.56 Å². The first kappa shape index (κ1) is 14.4. The van der Waals surface area contributed by atoms with Gasteiger partial charge in [-0.2, -0.15) is 0 Å². The SMILES string of the molecule is Cc1cc(-c2onc(N)c2-c2ccccc2Br)ccc1Br. The van der Waals surface area contributed by atoms with Gasteiger partial charge in [-0.25, -0.2) is 0 Å². The van der Waals surface area contributed by atoms with Gasteiger partial charge in [-0.15, -0.1) is 0 Å². The van der Waals surface area contributed by atoms with Crippen molar-refractivity contribution in [2.45, 2.75) is 6.92 Å². The Bertz CT molecular complexity index is 812. The van der Waals surface area contributed by atoms with Crippen LogP contribution in [0.25, 0.3) is 22.5 Å². The summed E-state index contributed by atoms with van der Waals surface area (Å²) < 4.78 is 7.48. The minimum Gasteiger partial charge on any atom is -0.380 e. The van der Waals surface area contributed by atoms with Crippen molar-refractivity contribution in [1.29, 1.82) is 0 Å². The summed E-state index contributed by atoms with van der Waals surface area (Å²) in [5.41, 5.74) is 9.86. The monoisotopic (exact) mass is 406 g/mol. The maximum absolute atomic E-state index is 6.01. The molecule has 0 aliphatic heterocycles. The number of halogens is 2. The molecule has 1 aromatic heterocycles. The molecule has 0 radical (unpaired) electrons. The number of aromatic nitrogens is 1. The van der Waals surface area contributed by atoms with Crippen LogP contribution in [0.1, 0.15) is 5.56 Å². The molecular formula is C16H12Br2N2O. The molecule has 5 heteroatoms. The number of benzene rings is 2. The number of nitrogen functional groups attached to an aromatic ring is 1. The van der Waals surface area contributed by atoms with E-state index in [0.717, 1.165) is 31.2 Å². The van der Waals surface area contributed by atoms with E-state index in [1.165, 1.54) is 0 Å². The molecule has 21 heavy (non-hydrogen) atoms. The van der Waals surface area contributed by atoms with Crippen molar-refractivity contribution in [3.63, 3.8) is 0 Å². The Morgan fingerprint density at radius 2 is 1.81 bits per heavy atom. The van der Waals surface area contributed by atoms with Crippen LogP contribution in [0.2, 0.25) is 0 Å². The van der Waals surface area contributed by atoms with Crippen molar-refractivity contribution in [3.8, 4) is 22.5 Å². The molecule has 3 aromatic rings. The second-order valence-corrected chi connectivity index (χ2v) is 6.42. The Kier molecular flexibility index (Phi) is 3.87. The van der Waals surface area contributed by atoms with Gasteiger partial charge in [0.15, 0.2) is 11.6 Å². The maximum atomic E-state index is 6.01. The summed E-state index contributed by atoms with van der Waals surface area (Å²) in [5.74, 6) is 1.06. The molecule has 0 spiro atoms. The number of aryl methyl sites for hydroxylation is 1. The van der Waals surface area contributed by atoms with Gasteiger partial charge < -0.3 is 10.3 Å². The Balaban J connectivity index is 2.22. The summed E-state index contributed by atoms with van der Waals surface area (Å²) in [6, 6.07) is 13.9. The van der Waals surface area contributed by atoms with E-state index in [1.807, 2.05) is 49.4 Å². The lowest BCUT2D eigenvalue weighted by molar-refractivity contribution is 0.436. The largest absolute Gasteiger partial charge is 0.380 e. The predicted octanol–water partition coefficient (Wildman–Crippen LogP) is 5.42. The second kappa shape index (κ2) is 5.66. The number of hydrogen-bond acceptors (Lipinski definition) is 3. The van der Waals surface area contributed by atoms with Gasteiger partial charge in [-0.1, -0.05) is 55.2 Å². The highest BCUT2D eigenvalue weighted by atomic mass is 79.9. The van der Waals surface area contributed by atoms with Crippen LogP contribution in [-0.2, 0) is 0 Å². The molecule has 0 aliphatic carbocycles. The molecule has 2 N–H and O–H groups in total. The molecule has 0 amide bonds. The van der Waals surface area contributed by atoms with Gasteiger partial charge in [-0.3, -0.25) is 0 Å². The summed E-state index contributed by atoms with van der Waals surface area (Å²) in [7, 11) is 0. The van der Waals surface area contributed by atoms with Crippen molar-refractivity contribution in [1.82, 2.24) is 5.16 Å². The molecule has 0 saturated carbocycles. The van der Waals surface area contributed by atoms with E-state index in [2.05, 4.69) is 37.0 Å². The van der Waals surface area contributed by atoms with Gasteiger partial charge in [-0.05, 0) is 36.8 Å². The van der Waals surface area contributed by atoms with Crippen molar-refractivity contribution < 1.29 is 4.52 Å². The fourth-order valence-electron chi connectivity index (χ4n) is 2.21. The van der Waals surface area contributed by atoms with E-state index in [0.29, 0.717) is 11.6 Å². The molecule has 2 aromatic carbocycles. The van der Waals surface area contributed by atoms with E-state index in [-0.39, 0.29) is 0 Å². The lowest BCUT2D eigenvalue weighted by Crippen LogP contribution is -1.90. The van der Waals surface area contributed by atoms with E-state index in [4.69, 9.17) is 10.3 Å². The highest BCUT2D eigenvalue weighted by Gasteiger charge is 2.19. The molecule has 0 fully saturated rings. The van der Waals surface area contributed by atoms with Crippen LogP contribution in [0.5, 0.6) is 0 Å². The first-order valence-corrected chi connectivity index (χ1v) is 7.93. The number of nitrogens with two attached hydrogens (primary N) is 1. The minimum atomic E-state index is 0.387. The molecule has 0 aliphatic rings. The predicted molar refractivity (Wildman–Crippen MR) is 91.9 cm³/mol. The van der Waals surface area contributed by atoms with E-state index >= 15 is 0 Å². The van der Waals surface area contributed by atoms with Gasteiger partial charge in [0.1, 0.15) is 0 Å². The van der Waals surface area contributed by atoms with Crippen LogP contribution in [0.3, 0.4) is 0 Å². The Morgan fingerprint density at radius 3 is 2.52 bits per heavy atom. The normalized spacial score (nSPS) is 10.8. The van der Waals surface area contributed by atoms with Crippen LogP contribution in [-0.4, -0.2) is 5.16 Å². The third kappa shape index (κ3) is 2.63. The quantitative estimate of drug-likeness (QED) is 0.616. The van der Waals surface area contributed by atoms with Gasteiger partial charge in [0.2, 0.25) is 0 Å². The molecule has 1 heterocycles. The Labute approximate surface area is 139 Å². The fourth-order valence-corrected chi connectivity index (χ4v) is 2.94. The van der Waals surface area contributed by atoms with E-state index < -0.39 is 0 Å². The first-order valence-electron chi connectivity index (χ1n) is 6.34. The molecule has 0 bridgehead atoms. The van der Waals surface area contributed by atoms with Crippen LogP contribution in [0, 0.1) is 6.92 Å². The second-order valence-electron chi connectivity index (χ2n) is 4.72. The summed E-state index contributed by atoms with van der Waals surface area (Å²) >= 11 is 7.06. The molecule has 0 atom stereocenters. The number of hydrogen-bond donors (Lipinski definition) is 1. The Morgan fingerprint density at radius 1 is 1.05 bits per heavy atom. The van der Waals surface area contributed by atoms with Crippen LogP contribution < -0.4 is 5.73 Å². The van der Waals surface area contributed by atoms with Crippen molar-refractivity contribution >= 4 is 37.7 Å². The van der Waals surface area contributed by atoms with Crippen LogP contribution in [0.15, 0.2) is 55.9 Å². The lowest BCUT2D eigenvalue weighted by atomic mass is 10.0. The van der Waals surface area contributed by atoms with Gasteiger partial charge >= 0.3 is 0 Å². The van der Waals surface area contributed by atoms with Crippen molar-refractivity contribution in [2.75, 3.05) is 5.73 Å². The number of nitrogens with zero attached hydrogens (tertiary/aromatic N) is 1. The highest BCUT2D eigenvalue weighted by molar-refractivity contribution is 9.10. The topological polar surface area (TPSA) is 52.0 Å². The van der Waals surface area contributed by atoms with E-state index in [1.54, 1.807) is 0 Å². The van der Waals surface area contributed by atoms with Gasteiger partial charge in [0.25, 0.3) is 0 Å². The number of anilines is 1. The van der Waals surface area contributed by atoms with Gasteiger partial charge in [0, 0.05) is 20.1 Å². The molecule has 0 unspecified atom stereocenters. The standard InChI is InChI=1S/C16H12Br2N2O/c1-9-8-10(6-7-12(9)17)15-14(16(19)20-21-15)11-4-2-3-5-13(11)18/h2-8H,1H3,(H2,19,20). The lowest BCUT2D eigenvalue weighted by Gasteiger charge is -2.06. The summed E-state index contributed by atoms with van der Waals surface area (Å²) in [4.78, 5) is 0. The van der Waals surface area contributed by atoms with E-state index in [9.17, 15) is 0 Å². The molecular weight excluding hydrogens is 396 g/mol. The zero-order valence-electron chi connectivity index (χ0n) is 11.2. The summed E-state index contributed by atoms with van der Waals surface area (Å²) in [6.07, 6.45) is 0. The van der Waals surface area contributed by atoms with Crippen LogP contribution in [0.4, 0.5) is 5.82 Å².